The second-order valence-electron chi connectivity index (χ2n) is 7.56. The first-order chi connectivity index (χ1) is 10.8. The third-order valence-electron chi connectivity index (χ3n) is 4.38. The maximum absolute atomic E-state index is 12.2. The van der Waals surface area contributed by atoms with Gasteiger partial charge in [-0.1, -0.05) is 6.92 Å². The first kappa shape index (κ1) is 18.0. The molecular weight excluding hydrogens is 294 g/mol. The van der Waals surface area contributed by atoms with E-state index in [0.29, 0.717) is 26.1 Å². The van der Waals surface area contributed by atoms with Crippen molar-refractivity contribution in [1.29, 1.82) is 0 Å². The number of hydrogen-bond donors (Lipinski definition) is 1. The number of likely N-dealkylation sites (tertiary alicyclic amines) is 1. The Balaban J connectivity index is 1.69. The van der Waals surface area contributed by atoms with Crippen LogP contribution in [0.3, 0.4) is 0 Å². The van der Waals surface area contributed by atoms with Crippen LogP contribution in [0.1, 0.15) is 47.0 Å². The number of carbonyl (C=O) groups excluding carboxylic acids is 2. The minimum absolute atomic E-state index is 0.0582. The van der Waals surface area contributed by atoms with E-state index in [1.54, 1.807) is 4.90 Å². The van der Waals surface area contributed by atoms with Gasteiger partial charge in [0.05, 0.1) is 5.92 Å². The topological polar surface area (TPSA) is 61.9 Å². The Bertz CT molecular complexity index is 429. The first-order valence-electron chi connectivity index (χ1n) is 8.80. The number of nitrogens with one attached hydrogen (secondary N) is 1. The molecule has 23 heavy (non-hydrogen) atoms. The van der Waals surface area contributed by atoms with Crippen LogP contribution in [0.5, 0.6) is 0 Å². The van der Waals surface area contributed by atoms with E-state index in [4.69, 9.17) is 4.74 Å². The zero-order chi connectivity index (χ0) is 17.0. The van der Waals surface area contributed by atoms with Crippen LogP contribution >= 0.6 is 0 Å². The zero-order valence-corrected chi connectivity index (χ0v) is 14.9. The maximum Gasteiger partial charge on any atom is 0.410 e. The van der Waals surface area contributed by atoms with Crippen molar-refractivity contribution in [2.24, 2.45) is 5.92 Å². The highest BCUT2D eigenvalue weighted by Crippen LogP contribution is 2.26. The third-order valence-corrected chi connectivity index (χ3v) is 4.38. The summed E-state index contributed by atoms with van der Waals surface area (Å²) in [4.78, 5) is 28.3. The summed E-state index contributed by atoms with van der Waals surface area (Å²) in [5.41, 5.74) is -0.496. The maximum atomic E-state index is 12.2. The van der Waals surface area contributed by atoms with Gasteiger partial charge >= 0.3 is 6.09 Å². The molecule has 2 amide bonds. The van der Waals surface area contributed by atoms with Crippen molar-refractivity contribution in [3.05, 3.63) is 0 Å². The van der Waals surface area contributed by atoms with Gasteiger partial charge in [0.15, 0.2) is 0 Å². The fourth-order valence-corrected chi connectivity index (χ4v) is 2.97. The van der Waals surface area contributed by atoms with Crippen LogP contribution in [-0.2, 0) is 9.53 Å². The zero-order valence-electron chi connectivity index (χ0n) is 14.9. The van der Waals surface area contributed by atoms with E-state index in [9.17, 15) is 9.59 Å². The molecule has 0 aromatic heterocycles. The fraction of sp³-hybridized carbons (Fsp3) is 0.882. The van der Waals surface area contributed by atoms with E-state index in [1.165, 1.54) is 12.8 Å². The van der Waals surface area contributed by atoms with Crippen LogP contribution in [0.25, 0.3) is 0 Å². The van der Waals surface area contributed by atoms with Crippen LogP contribution in [0.4, 0.5) is 4.79 Å². The number of likely N-dealkylation sites (N-methyl/N-ethyl adjacent to an activating group) is 1. The Morgan fingerprint density at radius 1 is 1.26 bits per heavy atom. The minimum atomic E-state index is -0.496. The van der Waals surface area contributed by atoms with Crippen molar-refractivity contribution in [3.63, 3.8) is 0 Å². The first-order valence-corrected chi connectivity index (χ1v) is 8.80. The number of carbonyl (C=O) groups is 2. The Morgan fingerprint density at radius 3 is 2.52 bits per heavy atom. The number of rotatable bonds is 6. The molecular formula is C17H31N3O3. The van der Waals surface area contributed by atoms with E-state index in [1.807, 2.05) is 20.8 Å². The summed E-state index contributed by atoms with van der Waals surface area (Å²) < 4.78 is 5.36. The van der Waals surface area contributed by atoms with Crippen LogP contribution < -0.4 is 5.32 Å². The lowest BCUT2D eigenvalue weighted by Crippen LogP contribution is -2.40. The van der Waals surface area contributed by atoms with Crippen LogP contribution in [0.15, 0.2) is 0 Å². The van der Waals surface area contributed by atoms with Crippen LogP contribution in [0, 0.1) is 5.92 Å². The predicted molar refractivity (Wildman–Crippen MR) is 89.2 cm³/mol. The van der Waals surface area contributed by atoms with Crippen molar-refractivity contribution in [1.82, 2.24) is 15.1 Å². The van der Waals surface area contributed by atoms with E-state index >= 15 is 0 Å². The van der Waals surface area contributed by atoms with Crippen molar-refractivity contribution in [2.45, 2.75) is 58.6 Å². The standard InChI is InChI=1S/C17H31N3O3/c1-5-19(14-6-7-14)11-9-18-15(21)13-8-10-20(12-13)16(22)23-17(2,3)4/h13-14H,5-12H2,1-4H3,(H,18,21). The lowest BCUT2D eigenvalue weighted by Gasteiger charge is -2.24. The molecule has 1 N–H and O–H groups in total. The average molecular weight is 325 g/mol. The summed E-state index contributed by atoms with van der Waals surface area (Å²) in [7, 11) is 0. The van der Waals surface area contributed by atoms with Gasteiger partial charge in [0, 0.05) is 32.2 Å². The fourth-order valence-electron chi connectivity index (χ4n) is 2.97. The number of hydrogen-bond acceptors (Lipinski definition) is 4. The van der Waals surface area contributed by atoms with Gasteiger partial charge in [-0.3, -0.25) is 9.69 Å². The predicted octanol–water partition coefficient (Wildman–Crippen LogP) is 1.84. The van der Waals surface area contributed by atoms with Crippen molar-refractivity contribution < 1.29 is 14.3 Å². The van der Waals surface area contributed by atoms with Crippen LogP contribution in [0.2, 0.25) is 0 Å². The van der Waals surface area contributed by atoms with Gasteiger partial charge in [-0.15, -0.1) is 0 Å². The Morgan fingerprint density at radius 2 is 1.96 bits per heavy atom. The lowest BCUT2D eigenvalue weighted by atomic mass is 10.1. The molecule has 0 spiro atoms. The molecule has 2 fully saturated rings. The molecule has 1 heterocycles. The summed E-state index contributed by atoms with van der Waals surface area (Å²) in [6, 6.07) is 0.728. The molecule has 0 radical (unpaired) electrons. The molecule has 0 aromatic rings. The Labute approximate surface area is 139 Å². The van der Waals surface area contributed by atoms with E-state index in [2.05, 4.69) is 17.1 Å². The summed E-state index contributed by atoms with van der Waals surface area (Å²) in [6.45, 7) is 11.4. The van der Waals surface area contributed by atoms with Crippen LogP contribution in [-0.4, -0.2) is 66.2 Å². The second kappa shape index (κ2) is 7.51. The number of nitrogens with zero attached hydrogens (tertiary/aromatic N) is 2. The summed E-state index contributed by atoms with van der Waals surface area (Å²) in [5, 5.41) is 3.02. The van der Waals surface area contributed by atoms with Gasteiger partial charge in [0.2, 0.25) is 5.91 Å². The number of amides is 2. The van der Waals surface area contributed by atoms with Crippen molar-refractivity contribution in [3.8, 4) is 0 Å². The van der Waals surface area contributed by atoms with Gasteiger partial charge in [-0.2, -0.15) is 0 Å². The monoisotopic (exact) mass is 325 g/mol. The van der Waals surface area contributed by atoms with E-state index in [0.717, 1.165) is 19.1 Å². The normalized spacial score (nSPS) is 21.6. The van der Waals surface area contributed by atoms with Crippen molar-refractivity contribution >= 4 is 12.0 Å². The average Bonchev–Trinajstić information content (AvgIpc) is 3.16. The third kappa shape index (κ3) is 5.68. The molecule has 1 saturated heterocycles. The van der Waals surface area contributed by atoms with Gasteiger partial charge in [-0.25, -0.2) is 4.79 Å². The van der Waals surface area contributed by atoms with E-state index in [-0.39, 0.29) is 17.9 Å². The molecule has 6 nitrogen and oxygen atoms in total. The highest BCUT2D eigenvalue weighted by molar-refractivity contribution is 5.80. The van der Waals surface area contributed by atoms with Gasteiger partial charge in [0.25, 0.3) is 0 Å². The summed E-state index contributed by atoms with van der Waals surface area (Å²) in [6.07, 6.45) is 2.97. The second-order valence-corrected chi connectivity index (χ2v) is 7.56. The minimum Gasteiger partial charge on any atom is -0.444 e. The molecule has 1 aliphatic carbocycles. The molecule has 6 heteroatoms. The smallest absolute Gasteiger partial charge is 0.410 e. The highest BCUT2D eigenvalue weighted by atomic mass is 16.6. The van der Waals surface area contributed by atoms with Crippen molar-refractivity contribution in [2.75, 3.05) is 32.7 Å². The molecule has 1 atom stereocenters. The molecule has 2 aliphatic rings. The lowest BCUT2D eigenvalue weighted by molar-refractivity contribution is -0.124. The molecule has 2 rings (SSSR count). The SMILES string of the molecule is CCN(CCNC(=O)C1CCN(C(=O)OC(C)(C)C)C1)C1CC1. The summed E-state index contributed by atoms with van der Waals surface area (Å²) >= 11 is 0. The molecule has 0 aromatic carbocycles. The quantitative estimate of drug-likeness (QED) is 0.809. The van der Waals surface area contributed by atoms with E-state index < -0.39 is 5.60 Å². The molecule has 1 aliphatic heterocycles. The van der Waals surface area contributed by atoms with Gasteiger partial charge in [-0.05, 0) is 46.6 Å². The Kier molecular flexibility index (Phi) is 5.89. The largest absolute Gasteiger partial charge is 0.444 e. The molecule has 1 unspecified atom stereocenters. The Hall–Kier alpha value is -1.30. The molecule has 0 bridgehead atoms. The number of ether oxygens (including phenoxy) is 1. The highest BCUT2D eigenvalue weighted by Gasteiger charge is 2.33. The van der Waals surface area contributed by atoms with Gasteiger partial charge in [0.1, 0.15) is 5.60 Å². The molecule has 132 valence electrons. The summed E-state index contributed by atoms with van der Waals surface area (Å²) in [5.74, 6) is -0.0542. The van der Waals surface area contributed by atoms with Gasteiger partial charge < -0.3 is 15.0 Å². The molecule has 1 saturated carbocycles.